The Labute approximate surface area is 155 Å². The molecule has 0 saturated carbocycles. The minimum atomic E-state index is -0.702. The van der Waals surface area contributed by atoms with Crippen molar-refractivity contribution in [3.8, 4) is 0 Å². The van der Waals surface area contributed by atoms with Crippen LogP contribution >= 0.6 is 0 Å². The number of methoxy groups -OCH3 is 1. The summed E-state index contributed by atoms with van der Waals surface area (Å²) in [4.78, 5) is 24.5. The molecule has 0 radical (unpaired) electrons. The van der Waals surface area contributed by atoms with E-state index in [1.165, 1.54) is 0 Å². The van der Waals surface area contributed by atoms with Gasteiger partial charge in [-0.25, -0.2) is 4.79 Å². The Bertz CT molecular complexity index is 613. The van der Waals surface area contributed by atoms with Crippen molar-refractivity contribution in [3.05, 3.63) is 12.2 Å². The van der Waals surface area contributed by atoms with Crippen molar-refractivity contribution in [2.45, 2.75) is 77.0 Å². The molecule has 6 nitrogen and oxygen atoms in total. The van der Waals surface area contributed by atoms with Crippen molar-refractivity contribution < 1.29 is 28.5 Å². The van der Waals surface area contributed by atoms with Gasteiger partial charge in [0.1, 0.15) is 12.2 Å². The molecule has 0 aliphatic carbocycles. The second-order valence-electron chi connectivity index (χ2n) is 8.53. The highest BCUT2D eigenvalue weighted by Crippen LogP contribution is 2.51. The second-order valence-corrected chi connectivity index (χ2v) is 8.53. The third-order valence-corrected chi connectivity index (χ3v) is 6.20. The highest BCUT2D eigenvalue weighted by molar-refractivity contribution is 5.91. The molecule has 0 aromatic carbocycles. The zero-order valence-corrected chi connectivity index (χ0v) is 16.4. The van der Waals surface area contributed by atoms with Crippen molar-refractivity contribution in [1.82, 2.24) is 0 Å². The monoisotopic (exact) mass is 366 g/mol. The molecule has 3 rings (SSSR count). The molecule has 3 saturated heterocycles. The molecular formula is C20H30O6. The van der Waals surface area contributed by atoms with Gasteiger partial charge in [0.25, 0.3) is 0 Å². The summed E-state index contributed by atoms with van der Waals surface area (Å²) in [5.74, 6) is -1.95. The van der Waals surface area contributed by atoms with E-state index in [-0.39, 0.29) is 29.8 Å². The number of carbonyl (C=O) groups is 2. The van der Waals surface area contributed by atoms with Crippen molar-refractivity contribution in [3.63, 3.8) is 0 Å². The Morgan fingerprint density at radius 3 is 2.65 bits per heavy atom. The smallest absolute Gasteiger partial charge is 0.334 e. The van der Waals surface area contributed by atoms with Crippen LogP contribution in [0.25, 0.3) is 0 Å². The van der Waals surface area contributed by atoms with Gasteiger partial charge in [-0.2, -0.15) is 0 Å². The maximum atomic E-state index is 12.3. The van der Waals surface area contributed by atoms with Crippen LogP contribution in [0.1, 0.15) is 53.4 Å². The summed E-state index contributed by atoms with van der Waals surface area (Å²) in [6, 6.07) is 0. The zero-order chi connectivity index (χ0) is 19.3. The fraction of sp³-hybridized carbons (Fsp3) is 0.800. The average molecular weight is 366 g/mol. The second kappa shape index (κ2) is 6.64. The summed E-state index contributed by atoms with van der Waals surface area (Å²) < 4.78 is 23.7. The first-order valence-corrected chi connectivity index (χ1v) is 9.46. The molecule has 6 atom stereocenters. The molecule has 3 fully saturated rings. The average Bonchev–Trinajstić information content (AvgIpc) is 3.05. The molecule has 0 unspecified atom stereocenters. The van der Waals surface area contributed by atoms with E-state index >= 15 is 0 Å². The molecule has 0 aromatic heterocycles. The van der Waals surface area contributed by atoms with E-state index in [2.05, 4.69) is 13.5 Å². The summed E-state index contributed by atoms with van der Waals surface area (Å²) in [5.41, 5.74) is -0.107. The van der Waals surface area contributed by atoms with E-state index in [4.69, 9.17) is 18.9 Å². The highest BCUT2D eigenvalue weighted by atomic mass is 16.7. The molecule has 0 spiro atoms. The van der Waals surface area contributed by atoms with Gasteiger partial charge < -0.3 is 18.9 Å². The van der Waals surface area contributed by atoms with E-state index in [1.54, 1.807) is 21.0 Å². The molecule has 0 aromatic rings. The van der Waals surface area contributed by atoms with Gasteiger partial charge in [0, 0.05) is 31.4 Å². The summed E-state index contributed by atoms with van der Waals surface area (Å²) in [6.45, 7) is 11.6. The van der Waals surface area contributed by atoms with Crippen LogP contribution in [0.5, 0.6) is 0 Å². The number of fused-ring (bicyclic) bond motifs is 3. The van der Waals surface area contributed by atoms with Crippen LogP contribution in [0.2, 0.25) is 0 Å². The highest BCUT2D eigenvalue weighted by Gasteiger charge is 2.57. The fourth-order valence-corrected chi connectivity index (χ4v) is 4.58. The Morgan fingerprint density at radius 1 is 1.35 bits per heavy atom. The summed E-state index contributed by atoms with van der Waals surface area (Å²) >= 11 is 0. The standard InChI is InChI=1S/C20H30O6/c1-11(2)17(21)25-15-10-19(5)7-8-20(23-6,26-19)12(3)9-14-16(15)13(4)18(22)24-14/h11-12,14-16H,4,7-10H2,1-3,5-6H3/t12-,14+,15+,16-,19-,20+/m0/s1. The Morgan fingerprint density at radius 2 is 2.04 bits per heavy atom. The van der Waals surface area contributed by atoms with Crippen LogP contribution in [0.4, 0.5) is 0 Å². The first kappa shape index (κ1) is 19.4. The summed E-state index contributed by atoms with van der Waals surface area (Å²) in [6.07, 6.45) is 1.75. The van der Waals surface area contributed by atoms with Crippen molar-refractivity contribution >= 4 is 11.9 Å². The first-order valence-electron chi connectivity index (χ1n) is 9.46. The topological polar surface area (TPSA) is 71.1 Å². The van der Waals surface area contributed by atoms with Crippen molar-refractivity contribution in [1.29, 1.82) is 0 Å². The van der Waals surface area contributed by atoms with Crippen LogP contribution in [0.15, 0.2) is 12.2 Å². The van der Waals surface area contributed by atoms with E-state index in [9.17, 15) is 9.59 Å². The van der Waals surface area contributed by atoms with Gasteiger partial charge in [-0.15, -0.1) is 0 Å². The van der Waals surface area contributed by atoms with Crippen LogP contribution < -0.4 is 0 Å². The molecule has 26 heavy (non-hydrogen) atoms. The summed E-state index contributed by atoms with van der Waals surface area (Å²) in [5, 5.41) is 0. The van der Waals surface area contributed by atoms with E-state index in [1.807, 2.05) is 6.92 Å². The van der Waals surface area contributed by atoms with Gasteiger partial charge in [-0.3, -0.25) is 4.79 Å². The quantitative estimate of drug-likeness (QED) is 0.565. The minimum absolute atomic E-state index is 0.0278. The number of carbonyl (C=O) groups excluding carboxylic acids is 2. The maximum Gasteiger partial charge on any atom is 0.334 e. The summed E-state index contributed by atoms with van der Waals surface area (Å²) in [7, 11) is 1.66. The van der Waals surface area contributed by atoms with Gasteiger partial charge in [0.05, 0.1) is 17.4 Å². The Hall–Kier alpha value is -1.40. The lowest BCUT2D eigenvalue weighted by Gasteiger charge is -2.36. The van der Waals surface area contributed by atoms with Gasteiger partial charge >= 0.3 is 11.9 Å². The van der Waals surface area contributed by atoms with E-state index in [0.29, 0.717) is 18.4 Å². The molecule has 6 heteroatoms. The normalized spacial score (nSPS) is 42.7. The van der Waals surface area contributed by atoms with Gasteiger partial charge in [0.15, 0.2) is 5.79 Å². The molecule has 0 N–H and O–H groups in total. The fourth-order valence-electron chi connectivity index (χ4n) is 4.58. The van der Waals surface area contributed by atoms with Crippen LogP contribution in [-0.2, 0) is 28.5 Å². The third-order valence-electron chi connectivity index (χ3n) is 6.20. The lowest BCUT2D eigenvalue weighted by molar-refractivity contribution is -0.265. The molecule has 3 heterocycles. The van der Waals surface area contributed by atoms with E-state index in [0.717, 1.165) is 12.8 Å². The minimum Gasteiger partial charge on any atom is -0.461 e. The van der Waals surface area contributed by atoms with Gasteiger partial charge in [-0.05, 0) is 19.8 Å². The first-order chi connectivity index (χ1) is 12.1. The third kappa shape index (κ3) is 3.18. The molecular weight excluding hydrogens is 336 g/mol. The molecule has 3 aliphatic rings. The number of esters is 2. The van der Waals surface area contributed by atoms with Crippen molar-refractivity contribution in [2.24, 2.45) is 17.8 Å². The molecule has 2 bridgehead atoms. The lowest BCUT2D eigenvalue weighted by atomic mass is 9.78. The number of rotatable bonds is 3. The van der Waals surface area contributed by atoms with E-state index < -0.39 is 23.5 Å². The SMILES string of the molecule is C=C1C(=O)O[C@@H]2C[C@H](C)[C@@]3(OC)CC[C@@](C)(C[C@@H](OC(=O)C(C)C)[C@@H]12)O3. The lowest BCUT2D eigenvalue weighted by Crippen LogP contribution is -2.42. The number of ether oxygens (including phenoxy) is 4. The predicted molar refractivity (Wildman–Crippen MR) is 94.1 cm³/mol. The molecule has 3 aliphatic heterocycles. The van der Waals surface area contributed by atoms with Gasteiger partial charge in [-0.1, -0.05) is 27.4 Å². The Balaban J connectivity index is 1.99. The Kier molecular flexibility index (Phi) is 4.95. The van der Waals surface area contributed by atoms with Crippen LogP contribution in [0.3, 0.4) is 0 Å². The van der Waals surface area contributed by atoms with Crippen LogP contribution in [-0.4, -0.2) is 42.6 Å². The number of hydrogen-bond acceptors (Lipinski definition) is 6. The zero-order valence-electron chi connectivity index (χ0n) is 16.4. The molecule has 0 amide bonds. The molecule has 146 valence electrons. The largest absolute Gasteiger partial charge is 0.461 e. The van der Waals surface area contributed by atoms with Gasteiger partial charge in [0.2, 0.25) is 0 Å². The van der Waals surface area contributed by atoms with Crippen LogP contribution in [0, 0.1) is 17.8 Å². The van der Waals surface area contributed by atoms with Crippen molar-refractivity contribution in [2.75, 3.05) is 7.11 Å². The maximum absolute atomic E-state index is 12.3. The predicted octanol–water partition coefficient (Wildman–Crippen LogP) is 2.99. The number of hydrogen-bond donors (Lipinski definition) is 0.